The van der Waals surface area contributed by atoms with Crippen molar-refractivity contribution in [1.82, 2.24) is 4.90 Å². The predicted molar refractivity (Wildman–Crippen MR) is 75.5 cm³/mol. The zero-order valence-electron chi connectivity index (χ0n) is 12.1. The Morgan fingerprint density at radius 3 is 2.64 bits per heavy atom. The van der Waals surface area contributed by atoms with Crippen LogP contribution in [-0.4, -0.2) is 53.1 Å². The van der Waals surface area contributed by atoms with E-state index in [0.717, 1.165) is 10.5 Å². The van der Waals surface area contributed by atoms with E-state index >= 15 is 0 Å². The number of urea groups is 1. The SMILES string of the molecule is Cc1cccc(NC(=O)N(CCC(F)(F)F)C[C@H](O)CO)c1. The Labute approximate surface area is 126 Å². The number of rotatable bonds is 6. The van der Waals surface area contributed by atoms with Crippen LogP contribution in [-0.2, 0) is 0 Å². The van der Waals surface area contributed by atoms with Crippen LogP contribution in [0.2, 0.25) is 0 Å². The maximum absolute atomic E-state index is 12.3. The van der Waals surface area contributed by atoms with E-state index in [0.29, 0.717) is 5.69 Å². The molecule has 0 aliphatic rings. The van der Waals surface area contributed by atoms with Crippen molar-refractivity contribution in [2.75, 3.05) is 25.0 Å². The van der Waals surface area contributed by atoms with E-state index in [-0.39, 0.29) is 6.54 Å². The third-order valence-corrected chi connectivity index (χ3v) is 2.86. The summed E-state index contributed by atoms with van der Waals surface area (Å²) in [5.41, 5.74) is 1.33. The number of benzene rings is 1. The van der Waals surface area contributed by atoms with Crippen LogP contribution in [0.5, 0.6) is 0 Å². The fraction of sp³-hybridized carbons (Fsp3) is 0.500. The van der Waals surface area contributed by atoms with Gasteiger partial charge in [-0.05, 0) is 24.6 Å². The van der Waals surface area contributed by atoms with E-state index < -0.39 is 37.9 Å². The van der Waals surface area contributed by atoms with E-state index in [1.54, 1.807) is 18.2 Å². The Morgan fingerprint density at radius 2 is 2.09 bits per heavy atom. The molecule has 1 aromatic rings. The van der Waals surface area contributed by atoms with Crippen molar-refractivity contribution < 1.29 is 28.2 Å². The molecule has 1 aromatic carbocycles. The topological polar surface area (TPSA) is 72.8 Å². The van der Waals surface area contributed by atoms with Crippen LogP contribution in [0.15, 0.2) is 24.3 Å². The molecular weight excluding hydrogens is 301 g/mol. The molecule has 0 unspecified atom stereocenters. The van der Waals surface area contributed by atoms with Crippen molar-refractivity contribution in [1.29, 1.82) is 0 Å². The average molecular weight is 320 g/mol. The van der Waals surface area contributed by atoms with Gasteiger partial charge in [0.25, 0.3) is 0 Å². The molecule has 1 rings (SSSR count). The van der Waals surface area contributed by atoms with E-state index in [1.807, 2.05) is 13.0 Å². The van der Waals surface area contributed by atoms with Crippen molar-refractivity contribution in [3.63, 3.8) is 0 Å². The van der Waals surface area contributed by atoms with Crippen molar-refractivity contribution in [3.8, 4) is 0 Å². The molecule has 0 heterocycles. The van der Waals surface area contributed by atoms with Crippen LogP contribution in [0.25, 0.3) is 0 Å². The Balaban J connectivity index is 2.73. The van der Waals surface area contributed by atoms with Gasteiger partial charge in [0.2, 0.25) is 0 Å². The molecule has 0 aliphatic heterocycles. The van der Waals surface area contributed by atoms with Gasteiger partial charge in [0.15, 0.2) is 0 Å². The number of amides is 2. The highest BCUT2D eigenvalue weighted by atomic mass is 19.4. The monoisotopic (exact) mass is 320 g/mol. The van der Waals surface area contributed by atoms with Crippen molar-refractivity contribution in [2.24, 2.45) is 0 Å². The summed E-state index contributed by atoms with van der Waals surface area (Å²) in [5.74, 6) is 0. The van der Waals surface area contributed by atoms with Gasteiger partial charge < -0.3 is 20.4 Å². The first-order valence-corrected chi connectivity index (χ1v) is 6.69. The van der Waals surface area contributed by atoms with E-state index in [4.69, 9.17) is 5.11 Å². The molecule has 124 valence electrons. The lowest BCUT2D eigenvalue weighted by Gasteiger charge is -2.25. The van der Waals surface area contributed by atoms with Crippen molar-refractivity contribution in [2.45, 2.75) is 25.6 Å². The van der Waals surface area contributed by atoms with Crippen LogP contribution in [0.4, 0.5) is 23.7 Å². The first-order chi connectivity index (χ1) is 10.2. The molecule has 5 nitrogen and oxygen atoms in total. The van der Waals surface area contributed by atoms with E-state index in [9.17, 15) is 23.1 Å². The lowest BCUT2D eigenvalue weighted by molar-refractivity contribution is -0.137. The fourth-order valence-corrected chi connectivity index (χ4v) is 1.77. The molecule has 1 atom stereocenters. The Hall–Kier alpha value is -1.80. The third kappa shape index (κ3) is 6.77. The number of carbonyl (C=O) groups is 1. The van der Waals surface area contributed by atoms with Gasteiger partial charge in [-0.3, -0.25) is 0 Å². The normalized spacial score (nSPS) is 12.8. The number of hydrogen-bond donors (Lipinski definition) is 3. The number of aryl methyl sites for hydroxylation is 1. The zero-order valence-corrected chi connectivity index (χ0v) is 12.1. The average Bonchev–Trinajstić information content (AvgIpc) is 2.42. The molecule has 3 N–H and O–H groups in total. The Bertz CT molecular complexity index is 494. The molecule has 0 saturated carbocycles. The van der Waals surface area contributed by atoms with Crippen LogP contribution in [0, 0.1) is 6.92 Å². The molecule has 0 radical (unpaired) electrons. The minimum absolute atomic E-state index is 0.385. The summed E-state index contributed by atoms with van der Waals surface area (Å²) in [6.45, 7) is 0.190. The first-order valence-electron chi connectivity index (χ1n) is 6.69. The van der Waals surface area contributed by atoms with Gasteiger partial charge in [-0.2, -0.15) is 13.2 Å². The first kappa shape index (κ1) is 18.2. The van der Waals surface area contributed by atoms with Gasteiger partial charge in [-0.15, -0.1) is 0 Å². The number of aliphatic hydroxyl groups is 2. The molecule has 2 amide bonds. The van der Waals surface area contributed by atoms with Crippen LogP contribution in [0.1, 0.15) is 12.0 Å². The second-order valence-corrected chi connectivity index (χ2v) is 4.95. The number of aliphatic hydroxyl groups excluding tert-OH is 2. The standard InChI is InChI=1S/C14H19F3N2O3/c1-10-3-2-4-11(7-10)18-13(22)19(8-12(21)9-20)6-5-14(15,16)17/h2-4,7,12,20-21H,5-6,8-9H2,1H3,(H,18,22)/t12-/m0/s1. The number of anilines is 1. The zero-order chi connectivity index (χ0) is 16.8. The van der Waals surface area contributed by atoms with Crippen molar-refractivity contribution >= 4 is 11.7 Å². The summed E-state index contributed by atoms with van der Waals surface area (Å²) >= 11 is 0. The predicted octanol–water partition coefficient (Wildman–Crippen LogP) is 2.13. The van der Waals surface area contributed by atoms with Gasteiger partial charge in [0.1, 0.15) is 0 Å². The van der Waals surface area contributed by atoms with Gasteiger partial charge >= 0.3 is 12.2 Å². The molecule has 8 heteroatoms. The second-order valence-electron chi connectivity index (χ2n) is 4.95. The third-order valence-electron chi connectivity index (χ3n) is 2.86. The summed E-state index contributed by atoms with van der Waals surface area (Å²) in [5, 5.41) is 20.6. The maximum Gasteiger partial charge on any atom is 0.390 e. The number of alkyl halides is 3. The number of nitrogens with one attached hydrogen (secondary N) is 1. The Morgan fingerprint density at radius 1 is 1.41 bits per heavy atom. The largest absolute Gasteiger partial charge is 0.394 e. The molecule has 0 bridgehead atoms. The number of carbonyl (C=O) groups excluding carboxylic acids is 1. The van der Waals surface area contributed by atoms with Gasteiger partial charge in [-0.1, -0.05) is 12.1 Å². The Kier molecular flexibility index (Phi) is 6.63. The highest BCUT2D eigenvalue weighted by Gasteiger charge is 2.29. The molecule has 0 aliphatic carbocycles. The fourth-order valence-electron chi connectivity index (χ4n) is 1.77. The van der Waals surface area contributed by atoms with Crippen molar-refractivity contribution in [3.05, 3.63) is 29.8 Å². The molecule has 0 saturated heterocycles. The van der Waals surface area contributed by atoms with Gasteiger partial charge in [0, 0.05) is 12.2 Å². The van der Waals surface area contributed by atoms with Gasteiger partial charge in [-0.25, -0.2) is 4.79 Å². The van der Waals surface area contributed by atoms with E-state index in [1.165, 1.54) is 0 Å². The smallest absolute Gasteiger partial charge is 0.390 e. The van der Waals surface area contributed by atoms with Crippen LogP contribution in [0.3, 0.4) is 0 Å². The minimum Gasteiger partial charge on any atom is -0.394 e. The molecule has 22 heavy (non-hydrogen) atoms. The summed E-state index contributed by atoms with van der Waals surface area (Å²) < 4.78 is 36.9. The molecule has 0 spiro atoms. The number of hydrogen-bond acceptors (Lipinski definition) is 3. The van der Waals surface area contributed by atoms with Crippen LogP contribution < -0.4 is 5.32 Å². The summed E-state index contributed by atoms with van der Waals surface area (Å²) in [6.07, 6.45) is -6.89. The van der Waals surface area contributed by atoms with Crippen LogP contribution >= 0.6 is 0 Å². The minimum atomic E-state index is -4.41. The summed E-state index contributed by atoms with van der Waals surface area (Å²) in [4.78, 5) is 12.9. The molecule has 0 fully saturated rings. The molecule has 0 aromatic heterocycles. The van der Waals surface area contributed by atoms with Gasteiger partial charge in [0.05, 0.1) is 25.7 Å². The number of nitrogens with zero attached hydrogens (tertiary/aromatic N) is 1. The number of halogens is 3. The summed E-state index contributed by atoms with van der Waals surface area (Å²) in [7, 11) is 0. The van der Waals surface area contributed by atoms with E-state index in [2.05, 4.69) is 5.32 Å². The quantitative estimate of drug-likeness (QED) is 0.752. The molecular formula is C14H19F3N2O3. The highest BCUT2D eigenvalue weighted by molar-refractivity contribution is 5.89. The highest BCUT2D eigenvalue weighted by Crippen LogP contribution is 2.20. The summed E-state index contributed by atoms with van der Waals surface area (Å²) in [6, 6.07) is 6.03. The lowest BCUT2D eigenvalue weighted by Crippen LogP contribution is -2.43. The lowest BCUT2D eigenvalue weighted by atomic mass is 10.2. The maximum atomic E-state index is 12.3. The second kappa shape index (κ2) is 8.00.